The third-order valence-electron chi connectivity index (χ3n) is 7.82. The lowest BCUT2D eigenvalue weighted by atomic mass is 9.53. The Balaban J connectivity index is 1.70. The Morgan fingerprint density at radius 3 is 2.64 bits per heavy atom. The predicted molar refractivity (Wildman–Crippen MR) is 106 cm³/mol. The molecule has 3 aliphatic rings. The zero-order chi connectivity index (χ0) is 20.1. The van der Waals surface area contributed by atoms with Gasteiger partial charge in [0.1, 0.15) is 6.29 Å². The van der Waals surface area contributed by atoms with Gasteiger partial charge in [-0.3, -0.25) is 0 Å². The van der Waals surface area contributed by atoms with E-state index < -0.39 is 10.3 Å². The first-order valence-electron chi connectivity index (χ1n) is 10.2. The number of ether oxygens (including phenoxy) is 1. The molecule has 154 valence electrons. The topological polar surface area (TPSA) is 95.7 Å². The second-order valence-electron chi connectivity index (χ2n) is 8.64. The molecule has 1 aromatic rings. The third-order valence-corrected chi connectivity index (χ3v) is 8.23. The van der Waals surface area contributed by atoms with Crippen LogP contribution in [0, 0.1) is 23.2 Å². The molecular formula is C21H29NO5S. The average Bonchev–Trinajstić information content (AvgIpc) is 3.05. The number of methoxy groups -OCH3 is 1. The Kier molecular flexibility index (Phi) is 4.94. The highest BCUT2D eigenvalue weighted by atomic mass is 32.2. The number of hydrogen-bond donors (Lipinski definition) is 1. The number of aryl methyl sites for hydroxylation is 1. The van der Waals surface area contributed by atoms with Crippen molar-refractivity contribution in [2.24, 2.45) is 28.3 Å². The van der Waals surface area contributed by atoms with E-state index in [9.17, 15) is 13.2 Å². The van der Waals surface area contributed by atoms with Gasteiger partial charge in [-0.25, -0.2) is 0 Å². The van der Waals surface area contributed by atoms with E-state index in [2.05, 4.69) is 6.92 Å². The lowest BCUT2D eigenvalue weighted by Crippen LogP contribution is -2.44. The molecule has 0 amide bonds. The molecule has 2 saturated carbocycles. The molecule has 4 rings (SSSR count). The molecule has 0 aliphatic heterocycles. The van der Waals surface area contributed by atoms with Gasteiger partial charge in [-0.15, -0.1) is 0 Å². The maximum Gasteiger partial charge on any atom is 0.380 e. The fraction of sp³-hybridized carbons (Fsp3) is 0.667. The van der Waals surface area contributed by atoms with Gasteiger partial charge in [-0.1, -0.05) is 6.92 Å². The van der Waals surface area contributed by atoms with Crippen molar-refractivity contribution in [3.63, 3.8) is 0 Å². The van der Waals surface area contributed by atoms with Gasteiger partial charge in [0, 0.05) is 5.92 Å². The Labute approximate surface area is 167 Å². The van der Waals surface area contributed by atoms with Crippen LogP contribution in [-0.2, 0) is 21.5 Å². The molecule has 3 aliphatic carbocycles. The van der Waals surface area contributed by atoms with Crippen molar-refractivity contribution >= 4 is 16.6 Å². The van der Waals surface area contributed by atoms with E-state index in [1.807, 2.05) is 6.07 Å². The minimum atomic E-state index is -4.11. The van der Waals surface area contributed by atoms with Crippen LogP contribution in [0.2, 0.25) is 0 Å². The second-order valence-corrected chi connectivity index (χ2v) is 9.79. The summed E-state index contributed by atoms with van der Waals surface area (Å²) in [5.74, 6) is 2.34. The molecule has 0 aromatic heterocycles. The van der Waals surface area contributed by atoms with Gasteiger partial charge in [0.05, 0.1) is 7.11 Å². The molecule has 2 N–H and O–H groups in total. The Bertz CT molecular complexity index is 883. The van der Waals surface area contributed by atoms with Crippen LogP contribution in [0.4, 0.5) is 0 Å². The molecule has 0 spiro atoms. The summed E-state index contributed by atoms with van der Waals surface area (Å²) in [7, 11) is -2.60. The number of carbonyl (C=O) groups excluding carboxylic acids is 1. The van der Waals surface area contributed by atoms with E-state index in [4.69, 9.17) is 14.1 Å². The molecular weight excluding hydrogens is 378 g/mol. The summed E-state index contributed by atoms with van der Waals surface area (Å²) in [4.78, 5) is 11.7. The van der Waals surface area contributed by atoms with Crippen molar-refractivity contribution in [2.75, 3.05) is 7.11 Å². The highest BCUT2D eigenvalue weighted by Gasteiger charge is 2.56. The summed E-state index contributed by atoms with van der Waals surface area (Å²) in [6, 6.07) is 3.72. The van der Waals surface area contributed by atoms with Gasteiger partial charge in [0.2, 0.25) is 0 Å². The van der Waals surface area contributed by atoms with Gasteiger partial charge in [0.15, 0.2) is 11.5 Å². The minimum Gasteiger partial charge on any atom is -0.493 e. The molecule has 1 aromatic carbocycles. The van der Waals surface area contributed by atoms with Crippen LogP contribution in [-0.4, -0.2) is 21.8 Å². The van der Waals surface area contributed by atoms with Gasteiger partial charge >= 0.3 is 10.3 Å². The summed E-state index contributed by atoms with van der Waals surface area (Å²) in [6.07, 6.45) is 8.52. The molecule has 0 radical (unpaired) electrons. The largest absolute Gasteiger partial charge is 0.493 e. The first kappa shape index (κ1) is 19.7. The number of benzene rings is 1. The lowest BCUT2D eigenvalue weighted by Gasteiger charge is -2.51. The highest BCUT2D eigenvalue weighted by Crippen LogP contribution is 2.64. The molecule has 2 fully saturated rings. The van der Waals surface area contributed by atoms with Gasteiger partial charge in [0.25, 0.3) is 0 Å². The number of aldehydes is 1. The Morgan fingerprint density at radius 1 is 1.21 bits per heavy atom. The van der Waals surface area contributed by atoms with Crippen LogP contribution in [0.3, 0.4) is 0 Å². The SMILES string of the molecule is CC[C@]12CCC3c4cc(OC)c(OS(N)(=O)=O)cc4CCC3C1CC[C@@H]2C=O. The standard InChI is InChI=1S/C21H29NO5S/c1-3-21-9-8-15-16(18(21)7-5-14(21)12-23)6-4-13-10-20(27-28(22,24)25)19(26-2)11-17(13)15/h10-12,14-16,18H,3-9H2,1-2H3,(H2,22,24,25)/t14-,15?,16?,18?,21-/m1/s1. The van der Waals surface area contributed by atoms with Gasteiger partial charge in [-0.05, 0) is 91.4 Å². The predicted octanol–water partition coefficient (Wildman–Crippen LogP) is 3.34. The monoisotopic (exact) mass is 407 g/mol. The molecule has 0 heterocycles. The first-order chi connectivity index (χ1) is 13.3. The highest BCUT2D eigenvalue weighted by molar-refractivity contribution is 7.84. The molecule has 28 heavy (non-hydrogen) atoms. The zero-order valence-corrected chi connectivity index (χ0v) is 17.3. The van der Waals surface area contributed by atoms with Crippen LogP contribution in [0.15, 0.2) is 12.1 Å². The summed E-state index contributed by atoms with van der Waals surface area (Å²) >= 11 is 0. The molecule has 7 heteroatoms. The zero-order valence-electron chi connectivity index (χ0n) is 16.5. The summed E-state index contributed by atoms with van der Waals surface area (Å²) in [6.45, 7) is 2.24. The average molecular weight is 408 g/mol. The van der Waals surface area contributed by atoms with E-state index in [1.165, 1.54) is 19.0 Å². The fourth-order valence-electron chi connectivity index (χ4n) is 6.68. The van der Waals surface area contributed by atoms with Crippen molar-refractivity contribution in [1.82, 2.24) is 0 Å². The van der Waals surface area contributed by atoms with E-state index in [0.29, 0.717) is 23.5 Å². The first-order valence-corrected chi connectivity index (χ1v) is 11.7. The Hall–Kier alpha value is -1.60. The van der Waals surface area contributed by atoms with Crippen LogP contribution in [0.1, 0.15) is 62.5 Å². The summed E-state index contributed by atoms with van der Waals surface area (Å²) < 4.78 is 33.1. The number of carbonyl (C=O) groups is 1. The number of nitrogens with two attached hydrogens (primary N) is 1. The van der Waals surface area contributed by atoms with Crippen molar-refractivity contribution in [3.05, 3.63) is 23.3 Å². The van der Waals surface area contributed by atoms with Crippen LogP contribution in [0.5, 0.6) is 11.5 Å². The van der Waals surface area contributed by atoms with Crippen LogP contribution in [0.25, 0.3) is 0 Å². The van der Waals surface area contributed by atoms with Crippen molar-refractivity contribution in [3.8, 4) is 11.5 Å². The molecule has 0 bridgehead atoms. The molecule has 0 saturated heterocycles. The smallest absolute Gasteiger partial charge is 0.380 e. The molecule has 5 atom stereocenters. The lowest BCUT2D eigenvalue weighted by molar-refractivity contribution is -0.116. The quantitative estimate of drug-likeness (QED) is 0.755. The summed E-state index contributed by atoms with van der Waals surface area (Å²) in [5, 5.41) is 5.05. The van der Waals surface area contributed by atoms with E-state index in [0.717, 1.165) is 50.5 Å². The van der Waals surface area contributed by atoms with Crippen molar-refractivity contribution in [1.29, 1.82) is 0 Å². The third kappa shape index (κ3) is 3.03. The fourth-order valence-corrected chi connectivity index (χ4v) is 7.06. The maximum atomic E-state index is 11.7. The van der Waals surface area contributed by atoms with Crippen molar-refractivity contribution < 1.29 is 22.1 Å². The van der Waals surface area contributed by atoms with E-state index >= 15 is 0 Å². The maximum absolute atomic E-state index is 11.7. The van der Waals surface area contributed by atoms with Crippen LogP contribution >= 0.6 is 0 Å². The Morgan fingerprint density at radius 2 is 2.00 bits per heavy atom. The van der Waals surface area contributed by atoms with Gasteiger partial charge in [-0.2, -0.15) is 13.6 Å². The van der Waals surface area contributed by atoms with Gasteiger partial charge < -0.3 is 13.7 Å². The normalized spacial score (nSPS) is 34.1. The second kappa shape index (κ2) is 7.02. The minimum absolute atomic E-state index is 0.155. The molecule has 6 nitrogen and oxygen atoms in total. The number of fused-ring (bicyclic) bond motifs is 5. The number of hydrogen-bond acceptors (Lipinski definition) is 5. The van der Waals surface area contributed by atoms with Crippen LogP contribution < -0.4 is 14.1 Å². The summed E-state index contributed by atoms with van der Waals surface area (Å²) in [5.41, 5.74) is 2.53. The van der Waals surface area contributed by atoms with Crippen molar-refractivity contribution in [2.45, 2.75) is 57.8 Å². The van der Waals surface area contributed by atoms with E-state index in [-0.39, 0.29) is 17.1 Å². The van der Waals surface area contributed by atoms with E-state index in [1.54, 1.807) is 6.07 Å². The number of rotatable bonds is 5. The molecule has 3 unspecified atom stereocenters.